The molecule has 1 saturated heterocycles. The van der Waals surface area contributed by atoms with E-state index < -0.39 is 17.0 Å². The Balaban J connectivity index is 1.21. The molecule has 10 heteroatoms. The van der Waals surface area contributed by atoms with Gasteiger partial charge < -0.3 is 5.32 Å². The van der Waals surface area contributed by atoms with Gasteiger partial charge in [0.15, 0.2) is 0 Å². The standard InChI is InChI=1S/C25H23FN4O4S/c26-19-9-5-4-8-18(19)16-21-24(33)29(25(34)35-21)15-13-27-22(31)10-11-23(32)30-14-12-20(28-30)17-6-2-1-3-7-17/h1-9,16H,10-15H2,(H,27,31)/b21-16-. The van der Waals surface area contributed by atoms with Crippen LogP contribution in [0.5, 0.6) is 0 Å². The molecule has 35 heavy (non-hydrogen) atoms. The molecule has 8 nitrogen and oxygen atoms in total. The maximum atomic E-state index is 13.8. The summed E-state index contributed by atoms with van der Waals surface area (Å²) in [7, 11) is 0. The molecule has 2 heterocycles. The van der Waals surface area contributed by atoms with Gasteiger partial charge in [-0.3, -0.25) is 24.1 Å². The summed E-state index contributed by atoms with van der Waals surface area (Å²) in [4.78, 5) is 50.4. The number of nitrogens with one attached hydrogen (secondary N) is 1. The van der Waals surface area contributed by atoms with E-state index in [0.717, 1.165) is 27.9 Å². The molecule has 4 rings (SSSR count). The second-order valence-electron chi connectivity index (χ2n) is 7.88. The molecule has 0 bridgehead atoms. The monoisotopic (exact) mass is 494 g/mol. The third kappa shape index (κ3) is 6.02. The van der Waals surface area contributed by atoms with Crippen LogP contribution < -0.4 is 5.32 Å². The molecule has 0 spiro atoms. The van der Waals surface area contributed by atoms with Crippen LogP contribution in [0.4, 0.5) is 9.18 Å². The molecule has 0 aromatic heterocycles. The number of carbonyl (C=O) groups is 4. The average molecular weight is 495 g/mol. The summed E-state index contributed by atoms with van der Waals surface area (Å²) in [6, 6.07) is 15.6. The van der Waals surface area contributed by atoms with E-state index in [1.165, 1.54) is 29.3 Å². The lowest BCUT2D eigenvalue weighted by atomic mass is 10.1. The second kappa shape index (κ2) is 11.1. The number of hydrogen-bond acceptors (Lipinski definition) is 6. The van der Waals surface area contributed by atoms with E-state index in [-0.39, 0.29) is 48.2 Å². The molecule has 0 atom stereocenters. The molecule has 0 saturated carbocycles. The van der Waals surface area contributed by atoms with Gasteiger partial charge in [-0.15, -0.1) is 0 Å². The number of hydrogen-bond donors (Lipinski definition) is 1. The van der Waals surface area contributed by atoms with Crippen molar-refractivity contribution in [1.82, 2.24) is 15.2 Å². The zero-order chi connectivity index (χ0) is 24.8. The predicted molar refractivity (Wildman–Crippen MR) is 131 cm³/mol. The molecule has 2 aliphatic rings. The van der Waals surface area contributed by atoms with Crippen molar-refractivity contribution in [2.24, 2.45) is 5.10 Å². The van der Waals surface area contributed by atoms with Crippen LogP contribution in [0.2, 0.25) is 0 Å². The van der Waals surface area contributed by atoms with Crippen molar-refractivity contribution in [2.45, 2.75) is 19.3 Å². The van der Waals surface area contributed by atoms with Gasteiger partial charge in [-0.05, 0) is 29.5 Å². The van der Waals surface area contributed by atoms with Crippen LogP contribution in [0.15, 0.2) is 64.6 Å². The number of carbonyl (C=O) groups excluding carboxylic acids is 4. The van der Waals surface area contributed by atoms with Gasteiger partial charge in [0, 0.05) is 37.9 Å². The molecule has 2 aromatic rings. The Kier molecular flexibility index (Phi) is 7.71. The maximum absolute atomic E-state index is 13.8. The SMILES string of the molecule is O=C(CCC(=O)N1CCC(c2ccccc2)=N1)NCCN1C(=O)S/C(=C\c2ccccc2F)C1=O. The van der Waals surface area contributed by atoms with Gasteiger partial charge in [-0.2, -0.15) is 5.10 Å². The lowest BCUT2D eigenvalue weighted by Gasteiger charge is -2.13. The summed E-state index contributed by atoms with van der Waals surface area (Å²) in [5.74, 6) is -1.63. The van der Waals surface area contributed by atoms with E-state index in [9.17, 15) is 23.6 Å². The number of hydrazone groups is 1. The molecule has 0 radical (unpaired) electrons. The summed E-state index contributed by atoms with van der Waals surface area (Å²) in [5, 5.41) is 7.89. The van der Waals surface area contributed by atoms with Gasteiger partial charge in [-0.25, -0.2) is 9.40 Å². The Bertz CT molecular complexity index is 1210. The normalized spacial score (nSPS) is 16.7. The van der Waals surface area contributed by atoms with E-state index in [2.05, 4.69) is 10.4 Å². The number of benzene rings is 2. The number of imide groups is 1. The van der Waals surface area contributed by atoms with Crippen LogP contribution in [0.3, 0.4) is 0 Å². The molecule has 180 valence electrons. The highest BCUT2D eigenvalue weighted by molar-refractivity contribution is 8.18. The Hall–Kier alpha value is -3.79. The lowest BCUT2D eigenvalue weighted by molar-refractivity contribution is -0.133. The maximum Gasteiger partial charge on any atom is 0.293 e. The van der Waals surface area contributed by atoms with E-state index in [4.69, 9.17) is 0 Å². The number of nitrogens with zero attached hydrogens (tertiary/aromatic N) is 3. The first-order valence-electron chi connectivity index (χ1n) is 11.1. The van der Waals surface area contributed by atoms with Crippen LogP contribution >= 0.6 is 11.8 Å². The molecular weight excluding hydrogens is 471 g/mol. The molecule has 1 N–H and O–H groups in total. The smallest absolute Gasteiger partial charge is 0.293 e. The Morgan fingerprint density at radius 2 is 1.80 bits per heavy atom. The largest absolute Gasteiger partial charge is 0.354 e. The van der Waals surface area contributed by atoms with Crippen LogP contribution in [-0.2, 0) is 14.4 Å². The van der Waals surface area contributed by atoms with Crippen molar-refractivity contribution >= 4 is 46.5 Å². The Labute approximate surface area is 205 Å². The number of rotatable bonds is 8. The first kappa shape index (κ1) is 24.3. The topological polar surface area (TPSA) is 99.2 Å². The van der Waals surface area contributed by atoms with Gasteiger partial charge in [-0.1, -0.05) is 48.5 Å². The van der Waals surface area contributed by atoms with Crippen LogP contribution in [0.25, 0.3) is 6.08 Å². The van der Waals surface area contributed by atoms with Crippen LogP contribution in [0, 0.1) is 5.82 Å². The van der Waals surface area contributed by atoms with Gasteiger partial charge in [0.25, 0.3) is 11.1 Å². The van der Waals surface area contributed by atoms with E-state index in [0.29, 0.717) is 13.0 Å². The van der Waals surface area contributed by atoms with Gasteiger partial charge in [0.1, 0.15) is 5.82 Å². The van der Waals surface area contributed by atoms with Crippen LogP contribution in [-0.4, -0.2) is 58.2 Å². The minimum absolute atomic E-state index is 0.00432. The first-order chi connectivity index (χ1) is 16.9. The summed E-state index contributed by atoms with van der Waals surface area (Å²) in [6.07, 6.45) is 1.98. The van der Waals surface area contributed by atoms with Gasteiger partial charge >= 0.3 is 0 Å². The van der Waals surface area contributed by atoms with Gasteiger partial charge in [0.2, 0.25) is 11.8 Å². The molecule has 2 aromatic carbocycles. The molecule has 0 unspecified atom stereocenters. The Morgan fingerprint density at radius 3 is 2.57 bits per heavy atom. The third-order valence-corrected chi connectivity index (χ3v) is 6.39. The van der Waals surface area contributed by atoms with E-state index >= 15 is 0 Å². The fraction of sp³-hybridized carbons (Fsp3) is 0.240. The fourth-order valence-corrected chi connectivity index (χ4v) is 4.50. The lowest BCUT2D eigenvalue weighted by Crippen LogP contribution is -2.37. The summed E-state index contributed by atoms with van der Waals surface area (Å²) in [5.41, 5.74) is 2.02. The summed E-state index contributed by atoms with van der Waals surface area (Å²) < 4.78 is 13.8. The van der Waals surface area contributed by atoms with Crippen LogP contribution in [0.1, 0.15) is 30.4 Å². The molecule has 1 fully saturated rings. The van der Waals surface area contributed by atoms with Crippen molar-refractivity contribution in [1.29, 1.82) is 0 Å². The minimum atomic E-state index is -0.534. The molecule has 0 aliphatic carbocycles. The highest BCUT2D eigenvalue weighted by Gasteiger charge is 2.34. The van der Waals surface area contributed by atoms with E-state index in [1.807, 2.05) is 30.3 Å². The first-order valence-corrected chi connectivity index (χ1v) is 11.9. The van der Waals surface area contributed by atoms with Gasteiger partial charge in [0.05, 0.1) is 17.2 Å². The van der Waals surface area contributed by atoms with Crippen molar-refractivity contribution in [2.75, 3.05) is 19.6 Å². The quantitative estimate of drug-likeness (QED) is 0.567. The minimum Gasteiger partial charge on any atom is -0.354 e. The molecular formula is C25H23FN4O4S. The molecule has 2 aliphatic heterocycles. The molecule has 4 amide bonds. The highest BCUT2D eigenvalue weighted by atomic mass is 32.2. The van der Waals surface area contributed by atoms with Crippen molar-refractivity contribution in [3.63, 3.8) is 0 Å². The number of thioether (sulfide) groups is 1. The van der Waals surface area contributed by atoms with Crippen molar-refractivity contribution < 1.29 is 23.6 Å². The van der Waals surface area contributed by atoms with E-state index in [1.54, 1.807) is 6.07 Å². The number of amides is 4. The summed E-state index contributed by atoms with van der Waals surface area (Å²) >= 11 is 0.728. The zero-order valence-corrected chi connectivity index (χ0v) is 19.6. The third-order valence-electron chi connectivity index (χ3n) is 5.49. The predicted octanol–water partition coefficient (Wildman–Crippen LogP) is 3.40. The second-order valence-corrected chi connectivity index (χ2v) is 8.88. The average Bonchev–Trinajstić information content (AvgIpc) is 3.46. The van der Waals surface area contributed by atoms with Crippen molar-refractivity contribution in [3.05, 3.63) is 76.4 Å². The Morgan fingerprint density at radius 1 is 1.06 bits per heavy atom. The number of halogens is 1. The zero-order valence-electron chi connectivity index (χ0n) is 18.8. The van der Waals surface area contributed by atoms with Crippen molar-refractivity contribution in [3.8, 4) is 0 Å². The highest BCUT2D eigenvalue weighted by Crippen LogP contribution is 2.32. The summed E-state index contributed by atoms with van der Waals surface area (Å²) in [6.45, 7) is 0.512. The fourth-order valence-electron chi connectivity index (χ4n) is 3.64.